The number of hydrogen-bond donors (Lipinski definition) is 1. The van der Waals surface area contributed by atoms with Gasteiger partial charge < -0.3 is 15.1 Å². The van der Waals surface area contributed by atoms with E-state index in [0.29, 0.717) is 0 Å². The Morgan fingerprint density at radius 3 is 2.92 bits per heavy atom. The molecular formula is C19H35IN4S. The molecule has 1 aromatic rings. The molecule has 1 saturated heterocycles. The number of aliphatic imine (C=N–C) groups is 1. The number of rotatable bonds is 8. The number of guanidine groups is 1. The van der Waals surface area contributed by atoms with Crippen LogP contribution in [0.4, 0.5) is 0 Å². The predicted octanol–water partition coefficient (Wildman–Crippen LogP) is 4.07. The highest BCUT2D eigenvalue weighted by Gasteiger charge is 2.17. The van der Waals surface area contributed by atoms with Crippen LogP contribution >= 0.6 is 35.3 Å². The van der Waals surface area contributed by atoms with Gasteiger partial charge in [0, 0.05) is 38.1 Å². The van der Waals surface area contributed by atoms with Crippen molar-refractivity contribution in [3.8, 4) is 0 Å². The second kappa shape index (κ2) is 12.9. The number of likely N-dealkylation sites (N-methyl/N-ethyl adjacent to an activating group) is 1. The minimum absolute atomic E-state index is 0. The van der Waals surface area contributed by atoms with Crippen LogP contribution in [0.3, 0.4) is 0 Å². The molecule has 0 aromatic carbocycles. The summed E-state index contributed by atoms with van der Waals surface area (Å²) in [6, 6.07) is 5.11. The van der Waals surface area contributed by atoms with Crippen LogP contribution in [-0.2, 0) is 6.42 Å². The number of hydrogen-bond acceptors (Lipinski definition) is 3. The zero-order valence-corrected chi connectivity index (χ0v) is 19.2. The van der Waals surface area contributed by atoms with Crippen LogP contribution in [0.25, 0.3) is 0 Å². The molecule has 1 N–H and O–H groups in total. The van der Waals surface area contributed by atoms with Crippen LogP contribution in [-0.4, -0.2) is 62.1 Å². The molecule has 144 valence electrons. The topological polar surface area (TPSA) is 30.9 Å². The van der Waals surface area contributed by atoms with Gasteiger partial charge in [-0.05, 0) is 63.6 Å². The highest BCUT2D eigenvalue weighted by molar-refractivity contribution is 14.0. The van der Waals surface area contributed by atoms with Crippen molar-refractivity contribution in [3.05, 3.63) is 22.4 Å². The average Bonchev–Trinajstić information content (AvgIpc) is 3.11. The smallest absolute Gasteiger partial charge is 0.193 e. The summed E-state index contributed by atoms with van der Waals surface area (Å²) in [5.41, 5.74) is 0. The fraction of sp³-hybridized carbons (Fsp3) is 0.737. The summed E-state index contributed by atoms with van der Waals surface area (Å²) in [5.74, 6) is 1.01. The largest absolute Gasteiger partial charge is 0.356 e. The van der Waals surface area contributed by atoms with Gasteiger partial charge in [0.2, 0.25) is 0 Å². The van der Waals surface area contributed by atoms with Gasteiger partial charge in [0.25, 0.3) is 0 Å². The number of likely N-dealkylation sites (tertiary alicyclic amines) is 1. The van der Waals surface area contributed by atoms with Gasteiger partial charge in [-0.15, -0.1) is 35.3 Å². The molecule has 2 rings (SSSR count). The maximum atomic E-state index is 4.41. The second-order valence-electron chi connectivity index (χ2n) is 6.81. The molecule has 0 saturated carbocycles. The van der Waals surface area contributed by atoms with E-state index >= 15 is 0 Å². The Morgan fingerprint density at radius 1 is 1.40 bits per heavy atom. The molecule has 0 spiro atoms. The first kappa shape index (κ1) is 22.7. The number of nitrogens with zero attached hydrogens (tertiary/aromatic N) is 3. The number of piperidine rings is 1. The summed E-state index contributed by atoms with van der Waals surface area (Å²) in [5, 5.41) is 5.65. The van der Waals surface area contributed by atoms with E-state index in [1.54, 1.807) is 0 Å². The van der Waals surface area contributed by atoms with E-state index in [1.165, 1.54) is 50.1 Å². The molecule has 4 nitrogen and oxygen atoms in total. The normalized spacial score (nSPS) is 18.7. The van der Waals surface area contributed by atoms with E-state index in [4.69, 9.17) is 0 Å². The quantitative estimate of drug-likeness (QED) is 0.265. The van der Waals surface area contributed by atoms with E-state index in [-0.39, 0.29) is 24.0 Å². The molecule has 1 aliphatic heterocycles. The molecule has 2 heterocycles. The SMILES string of the molecule is CN=C(NCCCCN1CCCCC1C)N(C)CCc1cccs1.I. The van der Waals surface area contributed by atoms with Gasteiger partial charge in [-0.1, -0.05) is 12.5 Å². The number of thiophene rings is 1. The van der Waals surface area contributed by atoms with Crippen molar-refractivity contribution in [2.24, 2.45) is 4.99 Å². The Kier molecular flexibility index (Phi) is 11.7. The first-order chi connectivity index (χ1) is 11.7. The summed E-state index contributed by atoms with van der Waals surface area (Å²) in [4.78, 5) is 10.7. The van der Waals surface area contributed by atoms with Crippen molar-refractivity contribution in [2.45, 2.75) is 51.5 Å². The third-order valence-corrected chi connectivity index (χ3v) is 5.88. The third-order valence-electron chi connectivity index (χ3n) is 4.94. The molecule has 0 radical (unpaired) electrons. The zero-order valence-electron chi connectivity index (χ0n) is 16.0. The fourth-order valence-electron chi connectivity index (χ4n) is 3.35. The van der Waals surface area contributed by atoms with Gasteiger partial charge in [0.05, 0.1) is 0 Å². The van der Waals surface area contributed by atoms with Crippen LogP contribution in [0, 0.1) is 0 Å². The lowest BCUT2D eigenvalue weighted by Gasteiger charge is -2.33. The highest BCUT2D eigenvalue weighted by atomic mass is 127. The molecule has 1 atom stereocenters. The molecule has 0 bridgehead atoms. The molecule has 1 aliphatic rings. The zero-order chi connectivity index (χ0) is 17.2. The van der Waals surface area contributed by atoms with Gasteiger partial charge in [0.15, 0.2) is 5.96 Å². The number of nitrogens with one attached hydrogen (secondary N) is 1. The summed E-state index contributed by atoms with van der Waals surface area (Å²) in [7, 11) is 4.00. The summed E-state index contributed by atoms with van der Waals surface area (Å²) in [6.07, 6.45) is 7.73. The van der Waals surface area contributed by atoms with Crippen LogP contribution in [0.1, 0.15) is 43.9 Å². The van der Waals surface area contributed by atoms with Gasteiger partial charge >= 0.3 is 0 Å². The summed E-state index contributed by atoms with van der Waals surface area (Å²) in [6.45, 7) is 6.93. The van der Waals surface area contributed by atoms with Crippen LogP contribution in [0.2, 0.25) is 0 Å². The van der Waals surface area contributed by atoms with E-state index in [1.807, 2.05) is 18.4 Å². The Balaban J connectivity index is 0.00000312. The third kappa shape index (κ3) is 8.26. The van der Waals surface area contributed by atoms with Gasteiger partial charge in [0.1, 0.15) is 0 Å². The Morgan fingerprint density at radius 2 is 2.24 bits per heavy atom. The lowest BCUT2D eigenvalue weighted by molar-refractivity contribution is 0.158. The van der Waals surface area contributed by atoms with Crippen LogP contribution < -0.4 is 5.32 Å². The Bertz CT molecular complexity index is 478. The van der Waals surface area contributed by atoms with E-state index in [9.17, 15) is 0 Å². The van der Waals surface area contributed by atoms with E-state index in [2.05, 4.69) is 51.6 Å². The molecular weight excluding hydrogens is 443 g/mol. The number of unbranched alkanes of at least 4 members (excludes halogenated alkanes) is 1. The standard InChI is InChI=1S/C19H34N4S.HI/c1-17-9-4-6-13-23(17)14-7-5-12-21-19(20-2)22(3)15-11-18-10-8-16-24-18;/h8,10,16-17H,4-7,9,11-15H2,1-3H3,(H,20,21);1H. The molecule has 6 heteroatoms. The lowest BCUT2D eigenvalue weighted by Crippen LogP contribution is -2.41. The van der Waals surface area contributed by atoms with E-state index < -0.39 is 0 Å². The molecule has 0 amide bonds. The minimum atomic E-state index is 0. The first-order valence-electron chi connectivity index (χ1n) is 9.39. The Hall–Kier alpha value is -0.340. The lowest BCUT2D eigenvalue weighted by atomic mass is 10.0. The van der Waals surface area contributed by atoms with Crippen LogP contribution in [0.15, 0.2) is 22.5 Å². The molecule has 0 aliphatic carbocycles. The molecule has 25 heavy (non-hydrogen) atoms. The van der Waals surface area contributed by atoms with Crippen molar-refractivity contribution in [2.75, 3.05) is 40.3 Å². The minimum Gasteiger partial charge on any atom is -0.356 e. The average molecular weight is 478 g/mol. The molecule has 1 unspecified atom stereocenters. The number of halogens is 1. The van der Waals surface area contributed by atoms with Crippen molar-refractivity contribution >= 4 is 41.3 Å². The second-order valence-corrected chi connectivity index (χ2v) is 7.85. The highest BCUT2D eigenvalue weighted by Crippen LogP contribution is 2.16. The maximum Gasteiger partial charge on any atom is 0.193 e. The van der Waals surface area contributed by atoms with Crippen molar-refractivity contribution in [3.63, 3.8) is 0 Å². The predicted molar refractivity (Wildman–Crippen MR) is 122 cm³/mol. The van der Waals surface area contributed by atoms with Gasteiger partial charge in [-0.3, -0.25) is 4.99 Å². The Labute approximate surface area is 175 Å². The van der Waals surface area contributed by atoms with Crippen molar-refractivity contribution < 1.29 is 0 Å². The van der Waals surface area contributed by atoms with Crippen molar-refractivity contribution in [1.29, 1.82) is 0 Å². The van der Waals surface area contributed by atoms with E-state index in [0.717, 1.165) is 31.5 Å². The molecule has 1 fully saturated rings. The molecule has 1 aromatic heterocycles. The van der Waals surface area contributed by atoms with Crippen molar-refractivity contribution in [1.82, 2.24) is 15.1 Å². The summed E-state index contributed by atoms with van der Waals surface area (Å²) >= 11 is 1.83. The fourth-order valence-corrected chi connectivity index (χ4v) is 4.05. The van der Waals surface area contributed by atoms with Crippen LogP contribution in [0.5, 0.6) is 0 Å². The monoisotopic (exact) mass is 478 g/mol. The van der Waals surface area contributed by atoms with Gasteiger partial charge in [-0.2, -0.15) is 0 Å². The van der Waals surface area contributed by atoms with Gasteiger partial charge in [-0.25, -0.2) is 0 Å². The maximum absolute atomic E-state index is 4.41. The first-order valence-corrected chi connectivity index (χ1v) is 10.3. The summed E-state index contributed by atoms with van der Waals surface area (Å²) < 4.78 is 0.